The summed E-state index contributed by atoms with van der Waals surface area (Å²) >= 11 is 3.27. The highest BCUT2D eigenvalue weighted by atomic mass is 79.9. The molecule has 5 heteroatoms. The third-order valence-corrected chi connectivity index (χ3v) is 2.92. The molecule has 0 amide bonds. The van der Waals surface area contributed by atoms with Crippen molar-refractivity contribution in [2.24, 2.45) is 0 Å². The number of hydrogen-bond donors (Lipinski definition) is 1. The van der Waals surface area contributed by atoms with Crippen LogP contribution in [0.3, 0.4) is 0 Å². The fraction of sp³-hybridized carbons (Fsp3) is 0.167. The maximum Gasteiger partial charge on any atom is 0.199 e. The number of carbonyl (C=O) groups excluding carboxylic acids is 1. The summed E-state index contributed by atoms with van der Waals surface area (Å²) in [6, 6.07) is 4.77. The number of aromatic hydroxyl groups is 1. The monoisotopic (exact) mass is 294 g/mol. The summed E-state index contributed by atoms with van der Waals surface area (Å²) in [5, 5.41) is 13.7. The molecule has 17 heavy (non-hydrogen) atoms. The number of ketones is 1. The number of aryl methyl sites for hydroxylation is 1. The molecule has 0 bridgehead atoms. The zero-order chi connectivity index (χ0) is 12.4. The second-order valence-corrected chi connectivity index (χ2v) is 4.49. The van der Waals surface area contributed by atoms with Gasteiger partial charge in [-0.05, 0) is 25.1 Å². The van der Waals surface area contributed by atoms with E-state index in [-0.39, 0.29) is 17.1 Å². The summed E-state index contributed by atoms with van der Waals surface area (Å²) in [5.74, 6) is -0.258. The Bertz CT molecular complexity index is 563. The molecule has 0 aliphatic rings. The number of halogens is 1. The van der Waals surface area contributed by atoms with Gasteiger partial charge in [0.25, 0.3) is 0 Å². The van der Waals surface area contributed by atoms with Crippen molar-refractivity contribution in [3.63, 3.8) is 0 Å². The minimum atomic E-state index is -0.233. The van der Waals surface area contributed by atoms with E-state index in [1.54, 1.807) is 23.0 Å². The van der Waals surface area contributed by atoms with E-state index < -0.39 is 0 Å². The predicted octanol–water partition coefficient (Wildman–Crippen LogP) is 2.60. The maximum atomic E-state index is 12.1. The molecular formula is C12H11BrN2O2. The third kappa shape index (κ3) is 2.39. The van der Waals surface area contributed by atoms with E-state index in [0.717, 1.165) is 4.47 Å². The number of nitrogens with zero attached hydrogens (tertiary/aromatic N) is 2. The Labute approximate surface area is 107 Å². The van der Waals surface area contributed by atoms with Gasteiger partial charge in [-0.1, -0.05) is 15.9 Å². The van der Waals surface area contributed by atoms with Gasteiger partial charge in [0, 0.05) is 17.2 Å². The second-order valence-electron chi connectivity index (χ2n) is 3.58. The van der Waals surface area contributed by atoms with Gasteiger partial charge < -0.3 is 5.11 Å². The number of hydrogen-bond acceptors (Lipinski definition) is 3. The van der Waals surface area contributed by atoms with Crippen molar-refractivity contribution in [2.45, 2.75) is 13.5 Å². The molecule has 0 saturated carbocycles. The number of carbonyl (C=O) groups is 1. The van der Waals surface area contributed by atoms with Gasteiger partial charge in [0.1, 0.15) is 5.75 Å². The van der Waals surface area contributed by atoms with Gasteiger partial charge in [-0.25, -0.2) is 0 Å². The third-order valence-electron chi connectivity index (χ3n) is 2.42. The van der Waals surface area contributed by atoms with E-state index in [1.165, 1.54) is 12.3 Å². The van der Waals surface area contributed by atoms with Crippen molar-refractivity contribution in [1.82, 2.24) is 9.78 Å². The summed E-state index contributed by atoms with van der Waals surface area (Å²) in [5.41, 5.74) is 0.746. The largest absolute Gasteiger partial charge is 0.507 e. The van der Waals surface area contributed by atoms with Crippen LogP contribution in [0.15, 0.2) is 35.1 Å². The molecule has 1 aromatic carbocycles. The zero-order valence-electron chi connectivity index (χ0n) is 9.22. The molecule has 4 nitrogen and oxygen atoms in total. The maximum absolute atomic E-state index is 12.1. The fourth-order valence-electron chi connectivity index (χ4n) is 1.50. The van der Waals surface area contributed by atoms with E-state index in [9.17, 15) is 9.90 Å². The number of aromatic nitrogens is 2. The van der Waals surface area contributed by atoms with Crippen LogP contribution in [0, 0.1) is 0 Å². The number of rotatable bonds is 3. The molecule has 0 spiro atoms. The first-order valence-electron chi connectivity index (χ1n) is 5.17. The summed E-state index contributed by atoms with van der Waals surface area (Å²) in [7, 11) is 0. The van der Waals surface area contributed by atoms with E-state index in [1.807, 2.05) is 6.92 Å². The molecule has 2 aromatic rings. The van der Waals surface area contributed by atoms with Gasteiger partial charge in [-0.15, -0.1) is 0 Å². The van der Waals surface area contributed by atoms with E-state index >= 15 is 0 Å². The highest BCUT2D eigenvalue weighted by molar-refractivity contribution is 9.10. The molecule has 2 rings (SSSR count). The van der Waals surface area contributed by atoms with Crippen LogP contribution in [0.25, 0.3) is 0 Å². The second kappa shape index (κ2) is 4.71. The lowest BCUT2D eigenvalue weighted by Crippen LogP contribution is -2.00. The lowest BCUT2D eigenvalue weighted by atomic mass is 10.1. The van der Waals surface area contributed by atoms with Crippen LogP contribution in [0.1, 0.15) is 22.8 Å². The van der Waals surface area contributed by atoms with E-state index in [2.05, 4.69) is 21.0 Å². The van der Waals surface area contributed by atoms with Crippen LogP contribution in [0.4, 0.5) is 0 Å². The molecule has 0 aliphatic carbocycles. The minimum absolute atomic E-state index is 0.0255. The van der Waals surface area contributed by atoms with Crippen LogP contribution >= 0.6 is 15.9 Å². The molecule has 88 valence electrons. The summed E-state index contributed by atoms with van der Waals surface area (Å²) in [4.78, 5) is 12.1. The molecule has 1 aromatic heterocycles. The highest BCUT2D eigenvalue weighted by Gasteiger charge is 2.15. The molecule has 0 fully saturated rings. The van der Waals surface area contributed by atoms with Crippen molar-refractivity contribution < 1.29 is 9.90 Å². The average molecular weight is 295 g/mol. The highest BCUT2D eigenvalue weighted by Crippen LogP contribution is 2.24. The van der Waals surface area contributed by atoms with Crippen molar-refractivity contribution >= 4 is 21.7 Å². The summed E-state index contributed by atoms with van der Waals surface area (Å²) in [6.07, 6.45) is 3.18. The van der Waals surface area contributed by atoms with Crippen LogP contribution in [-0.4, -0.2) is 20.7 Å². The first-order chi connectivity index (χ1) is 8.11. The van der Waals surface area contributed by atoms with Crippen molar-refractivity contribution in [1.29, 1.82) is 0 Å². The first-order valence-corrected chi connectivity index (χ1v) is 5.96. The van der Waals surface area contributed by atoms with Crippen molar-refractivity contribution in [2.75, 3.05) is 0 Å². The molecule has 0 saturated heterocycles. The summed E-state index contributed by atoms with van der Waals surface area (Å²) in [6.45, 7) is 2.65. The normalized spacial score (nSPS) is 10.5. The first kappa shape index (κ1) is 11.9. The Kier molecular flexibility index (Phi) is 3.28. The molecule has 0 radical (unpaired) electrons. The minimum Gasteiger partial charge on any atom is -0.507 e. The van der Waals surface area contributed by atoms with Gasteiger partial charge in [-0.2, -0.15) is 5.10 Å². The smallest absolute Gasteiger partial charge is 0.199 e. The lowest BCUT2D eigenvalue weighted by molar-refractivity contribution is 0.103. The number of phenols is 1. The van der Waals surface area contributed by atoms with Crippen LogP contribution in [0.2, 0.25) is 0 Å². The molecule has 1 heterocycles. The number of benzene rings is 1. The number of phenolic OH excluding ortho intramolecular Hbond substituents is 1. The van der Waals surface area contributed by atoms with Gasteiger partial charge in [0.15, 0.2) is 5.78 Å². The Balaban J connectivity index is 2.39. The van der Waals surface area contributed by atoms with Gasteiger partial charge in [-0.3, -0.25) is 9.48 Å². The summed E-state index contributed by atoms with van der Waals surface area (Å²) < 4.78 is 2.42. The van der Waals surface area contributed by atoms with Crippen LogP contribution in [0.5, 0.6) is 5.75 Å². The SMILES string of the molecule is CCn1cc(C(=O)c2cc(Br)ccc2O)cn1. The van der Waals surface area contributed by atoms with Crippen LogP contribution in [-0.2, 0) is 6.54 Å². The molecule has 0 unspecified atom stereocenters. The Morgan fingerprint density at radius 2 is 2.29 bits per heavy atom. The van der Waals surface area contributed by atoms with Gasteiger partial charge in [0.2, 0.25) is 0 Å². The Hall–Kier alpha value is -1.62. The predicted molar refractivity (Wildman–Crippen MR) is 67.1 cm³/mol. The molecule has 0 atom stereocenters. The Morgan fingerprint density at radius 1 is 1.53 bits per heavy atom. The molecule has 0 aliphatic heterocycles. The zero-order valence-corrected chi connectivity index (χ0v) is 10.8. The van der Waals surface area contributed by atoms with Gasteiger partial charge in [0.05, 0.1) is 17.3 Å². The standard InChI is InChI=1S/C12H11BrN2O2/c1-2-15-7-8(6-14-15)12(17)10-5-9(13)3-4-11(10)16/h3-7,16H,2H2,1H3. The quantitative estimate of drug-likeness (QED) is 0.886. The van der Waals surface area contributed by atoms with Crippen molar-refractivity contribution in [3.8, 4) is 5.75 Å². The van der Waals surface area contributed by atoms with Gasteiger partial charge >= 0.3 is 0 Å². The van der Waals surface area contributed by atoms with E-state index in [4.69, 9.17) is 0 Å². The van der Waals surface area contributed by atoms with Crippen LogP contribution < -0.4 is 0 Å². The molecule has 1 N–H and O–H groups in total. The molecular weight excluding hydrogens is 284 g/mol. The van der Waals surface area contributed by atoms with Crippen molar-refractivity contribution in [3.05, 3.63) is 46.2 Å². The lowest BCUT2D eigenvalue weighted by Gasteiger charge is -2.02. The van der Waals surface area contributed by atoms with E-state index in [0.29, 0.717) is 12.1 Å². The fourth-order valence-corrected chi connectivity index (χ4v) is 1.86. The average Bonchev–Trinajstić information content (AvgIpc) is 2.80. The topological polar surface area (TPSA) is 55.1 Å². The Morgan fingerprint density at radius 3 is 2.94 bits per heavy atom.